The molecule has 0 aromatic heterocycles. The maximum atomic E-state index is 13.1. The summed E-state index contributed by atoms with van der Waals surface area (Å²) in [6, 6.07) is 16.2. The first-order valence-electron chi connectivity index (χ1n) is 6.31. The van der Waals surface area contributed by atoms with E-state index < -0.39 is 6.09 Å². The molecular formula is C16H15FNO2. The van der Waals surface area contributed by atoms with Crippen LogP contribution in [0.2, 0.25) is 0 Å². The van der Waals surface area contributed by atoms with E-state index in [0.717, 1.165) is 11.1 Å². The Balaban J connectivity index is 2.07. The Bertz CT molecular complexity index is 572. The summed E-state index contributed by atoms with van der Waals surface area (Å²) in [7, 11) is 0. The molecule has 0 saturated carbocycles. The molecule has 1 amide bonds. The first-order chi connectivity index (χ1) is 9.65. The predicted octanol–water partition coefficient (Wildman–Crippen LogP) is 3.61. The van der Waals surface area contributed by atoms with Gasteiger partial charge in [0.2, 0.25) is 0 Å². The summed E-state index contributed by atoms with van der Waals surface area (Å²) < 4.78 is 13.1. The average Bonchev–Trinajstić information content (AvgIpc) is 2.44. The molecule has 0 unspecified atom stereocenters. The fourth-order valence-electron chi connectivity index (χ4n) is 2.01. The van der Waals surface area contributed by atoms with E-state index in [2.05, 4.69) is 5.32 Å². The molecule has 0 aliphatic heterocycles. The van der Waals surface area contributed by atoms with Gasteiger partial charge in [-0.3, -0.25) is 0 Å². The van der Waals surface area contributed by atoms with Crippen molar-refractivity contribution in [2.45, 2.75) is 12.8 Å². The van der Waals surface area contributed by atoms with Gasteiger partial charge in [-0.05, 0) is 36.1 Å². The van der Waals surface area contributed by atoms with E-state index in [-0.39, 0.29) is 5.82 Å². The minimum absolute atomic E-state index is 0.282. The molecule has 0 saturated heterocycles. The molecule has 20 heavy (non-hydrogen) atoms. The average molecular weight is 272 g/mol. The van der Waals surface area contributed by atoms with Crippen molar-refractivity contribution >= 4 is 6.09 Å². The molecule has 0 aliphatic rings. The van der Waals surface area contributed by atoms with E-state index in [1.54, 1.807) is 6.07 Å². The van der Waals surface area contributed by atoms with Crippen molar-refractivity contribution in [2.24, 2.45) is 0 Å². The number of hydrogen-bond acceptors (Lipinski definition) is 1. The van der Waals surface area contributed by atoms with Crippen LogP contribution < -0.4 is 5.32 Å². The molecule has 1 radical (unpaired) electrons. The molecule has 0 heterocycles. The maximum absolute atomic E-state index is 13.1. The van der Waals surface area contributed by atoms with Crippen LogP contribution in [0.5, 0.6) is 0 Å². The molecule has 3 nitrogen and oxygen atoms in total. The van der Waals surface area contributed by atoms with Gasteiger partial charge >= 0.3 is 6.09 Å². The molecule has 103 valence electrons. The number of hydrogen-bond donors (Lipinski definition) is 2. The van der Waals surface area contributed by atoms with E-state index >= 15 is 0 Å². The van der Waals surface area contributed by atoms with Crippen LogP contribution in [0.1, 0.15) is 17.5 Å². The molecule has 0 aliphatic carbocycles. The summed E-state index contributed by atoms with van der Waals surface area (Å²) >= 11 is 0. The Morgan fingerprint density at radius 3 is 2.50 bits per heavy atom. The third kappa shape index (κ3) is 4.09. The zero-order chi connectivity index (χ0) is 14.4. The van der Waals surface area contributed by atoms with Crippen molar-refractivity contribution in [2.75, 3.05) is 0 Å². The quantitative estimate of drug-likeness (QED) is 0.873. The third-order valence-electron chi connectivity index (χ3n) is 2.93. The van der Waals surface area contributed by atoms with Gasteiger partial charge in [-0.15, -0.1) is 0 Å². The van der Waals surface area contributed by atoms with Gasteiger partial charge in [0.15, 0.2) is 0 Å². The van der Waals surface area contributed by atoms with Gasteiger partial charge in [-0.25, -0.2) is 9.18 Å². The lowest BCUT2D eigenvalue weighted by Gasteiger charge is -2.16. The number of carbonyl (C=O) groups is 1. The largest absolute Gasteiger partial charge is 0.465 e. The van der Waals surface area contributed by atoms with Gasteiger partial charge < -0.3 is 10.4 Å². The summed E-state index contributed by atoms with van der Waals surface area (Å²) in [5.41, 5.74) is 1.66. The molecule has 0 fully saturated rings. The second kappa shape index (κ2) is 6.70. The Labute approximate surface area is 117 Å². The lowest BCUT2D eigenvalue weighted by molar-refractivity contribution is 0.195. The first kappa shape index (κ1) is 14.1. The highest BCUT2D eigenvalue weighted by molar-refractivity contribution is 5.67. The number of amides is 1. The Morgan fingerprint density at radius 1 is 1.10 bits per heavy atom. The molecule has 0 bridgehead atoms. The Hall–Kier alpha value is -2.36. The molecular weight excluding hydrogens is 257 g/mol. The van der Waals surface area contributed by atoms with Crippen molar-refractivity contribution < 1.29 is 14.3 Å². The second-order valence-electron chi connectivity index (χ2n) is 4.40. The highest BCUT2D eigenvalue weighted by atomic mass is 19.1. The zero-order valence-corrected chi connectivity index (χ0v) is 10.8. The van der Waals surface area contributed by atoms with Crippen molar-refractivity contribution in [1.29, 1.82) is 0 Å². The number of benzene rings is 2. The summed E-state index contributed by atoms with van der Waals surface area (Å²) in [6.07, 6.45) is -0.0229. The minimum Gasteiger partial charge on any atom is -0.465 e. The first-order valence-corrected chi connectivity index (χ1v) is 6.31. The summed E-state index contributed by atoms with van der Waals surface area (Å²) in [6.45, 7) is 0. The number of rotatable bonds is 5. The van der Waals surface area contributed by atoms with Crippen molar-refractivity contribution in [1.82, 2.24) is 5.32 Å². The minimum atomic E-state index is -1.09. The van der Waals surface area contributed by atoms with Crippen molar-refractivity contribution in [3.05, 3.63) is 77.6 Å². The van der Waals surface area contributed by atoms with Crippen LogP contribution in [0.15, 0.2) is 54.6 Å². The molecule has 2 rings (SSSR count). The van der Waals surface area contributed by atoms with Crippen LogP contribution in [0.3, 0.4) is 0 Å². The van der Waals surface area contributed by atoms with Gasteiger partial charge in [-0.1, -0.05) is 42.5 Å². The third-order valence-corrected chi connectivity index (χ3v) is 2.93. The molecule has 0 atom stereocenters. The van der Waals surface area contributed by atoms with E-state index in [9.17, 15) is 9.18 Å². The SMILES string of the molecule is O=C(O)N[C](CCc1cccc(F)c1)c1ccccc1. The maximum Gasteiger partial charge on any atom is 0.405 e. The van der Waals surface area contributed by atoms with Crippen LogP contribution in [-0.2, 0) is 6.42 Å². The van der Waals surface area contributed by atoms with Crippen molar-refractivity contribution in [3.63, 3.8) is 0 Å². The van der Waals surface area contributed by atoms with E-state index in [1.807, 2.05) is 36.4 Å². The molecule has 4 heteroatoms. The number of halogens is 1. The number of carboxylic acid groups (broad SMARTS) is 1. The fraction of sp³-hybridized carbons (Fsp3) is 0.125. The van der Waals surface area contributed by atoms with E-state index in [1.165, 1.54) is 12.1 Å². The normalized spacial score (nSPS) is 10.5. The van der Waals surface area contributed by atoms with Crippen LogP contribution in [-0.4, -0.2) is 11.2 Å². The van der Waals surface area contributed by atoms with Crippen LogP contribution in [0.4, 0.5) is 9.18 Å². The van der Waals surface area contributed by atoms with Gasteiger partial charge in [0.1, 0.15) is 5.82 Å². The summed E-state index contributed by atoms with van der Waals surface area (Å²) in [5.74, 6) is -0.282. The highest BCUT2D eigenvalue weighted by Gasteiger charge is 2.15. The van der Waals surface area contributed by atoms with Gasteiger partial charge in [0, 0.05) is 0 Å². The molecule has 2 aromatic rings. The van der Waals surface area contributed by atoms with Gasteiger partial charge in [0.25, 0.3) is 0 Å². The lowest BCUT2D eigenvalue weighted by atomic mass is 9.99. The molecule has 0 spiro atoms. The van der Waals surface area contributed by atoms with Crippen molar-refractivity contribution in [3.8, 4) is 0 Å². The predicted molar refractivity (Wildman–Crippen MR) is 74.7 cm³/mol. The lowest BCUT2D eigenvalue weighted by Crippen LogP contribution is -2.28. The fourth-order valence-corrected chi connectivity index (χ4v) is 2.01. The smallest absolute Gasteiger partial charge is 0.405 e. The van der Waals surface area contributed by atoms with Crippen LogP contribution >= 0.6 is 0 Å². The van der Waals surface area contributed by atoms with E-state index in [4.69, 9.17) is 5.11 Å². The standard InChI is InChI=1S/C16H15FNO2/c17-14-8-4-5-12(11-14)9-10-15(18-16(19)20)13-6-2-1-3-7-13/h1-8,11,18H,9-10H2,(H,19,20). The van der Waals surface area contributed by atoms with Crippen LogP contribution in [0, 0.1) is 11.9 Å². The summed E-state index contributed by atoms with van der Waals surface area (Å²) in [4.78, 5) is 10.9. The zero-order valence-electron chi connectivity index (χ0n) is 10.8. The summed E-state index contributed by atoms with van der Waals surface area (Å²) in [5, 5.41) is 11.3. The van der Waals surface area contributed by atoms with Gasteiger partial charge in [0.05, 0.1) is 6.04 Å². The highest BCUT2D eigenvalue weighted by Crippen LogP contribution is 2.18. The topological polar surface area (TPSA) is 49.3 Å². The number of nitrogens with one attached hydrogen (secondary N) is 1. The molecule has 2 aromatic carbocycles. The van der Waals surface area contributed by atoms with E-state index in [0.29, 0.717) is 18.9 Å². The second-order valence-corrected chi connectivity index (χ2v) is 4.40. The van der Waals surface area contributed by atoms with Crippen LogP contribution in [0.25, 0.3) is 0 Å². The van der Waals surface area contributed by atoms with Gasteiger partial charge in [-0.2, -0.15) is 0 Å². The monoisotopic (exact) mass is 272 g/mol. The Kier molecular flexibility index (Phi) is 4.71. The number of aryl methyl sites for hydroxylation is 1. The Morgan fingerprint density at radius 2 is 1.85 bits per heavy atom. The molecule has 2 N–H and O–H groups in total.